The number of rotatable bonds is 8. The quantitative estimate of drug-likeness (QED) is 0.681. The molecule has 0 saturated heterocycles. The lowest BCUT2D eigenvalue weighted by Gasteiger charge is -2.21. The molecule has 0 bridgehead atoms. The second-order valence-corrected chi connectivity index (χ2v) is 5.28. The van der Waals surface area contributed by atoms with E-state index in [0.717, 1.165) is 12.1 Å². The van der Waals surface area contributed by atoms with Crippen LogP contribution in [0.15, 0.2) is 18.2 Å². The van der Waals surface area contributed by atoms with E-state index in [1.807, 2.05) is 6.92 Å². The topological polar surface area (TPSA) is 78.4 Å². The highest BCUT2D eigenvalue weighted by atomic mass is 19.1. The summed E-state index contributed by atoms with van der Waals surface area (Å²) in [4.78, 5) is 23.4. The fraction of sp³-hybridized carbons (Fsp3) is 0.500. The largest absolute Gasteiger partial charge is 0.396 e. The van der Waals surface area contributed by atoms with Crippen molar-refractivity contribution in [3.8, 4) is 0 Å². The van der Waals surface area contributed by atoms with Crippen molar-refractivity contribution >= 4 is 11.8 Å². The van der Waals surface area contributed by atoms with E-state index in [1.54, 1.807) is 0 Å². The van der Waals surface area contributed by atoms with E-state index in [2.05, 4.69) is 10.6 Å². The second kappa shape index (κ2) is 9.19. The molecule has 2 unspecified atom stereocenters. The number of amides is 2. The lowest BCUT2D eigenvalue weighted by atomic mass is 10.0. The molecule has 1 aromatic carbocycles. The van der Waals surface area contributed by atoms with Crippen molar-refractivity contribution in [1.82, 2.24) is 10.6 Å². The monoisotopic (exact) mass is 328 g/mol. The molecule has 0 aromatic heterocycles. The summed E-state index contributed by atoms with van der Waals surface area (Å²) in [5.41, 5.74) is -0.340. The average molecular weight is 328 g/mol. The average Bonchev–Trinajstić information content (AvgIpc) is 2.45. The van der Waals surface area contributed by atoms with Crippen LogP contribution in [0.4, 0.5) is 8.78 Å². The fourth-order valence-corrected chi connectivity index (χ4v) is 2.32. The van der Waals surface area contributed by atoms with Gasteiger partial charge in [-0.3, -0.25) is 9.59 Å². The Morgan fingerprint density at radius 1 is 1.22 bits per heavy atom. The van der Waals surface area contributed by atoms with Gasteiger partial charge in [0.2, 0.25) is 11.8 Å². The second-order valence-electron chi connectivity index (χ2n) is 5.28. The van der Waals surface area contributed by atoms with Gasteiger partial charge in [-0.05, 0) is 25.0 Å². The first-order chi connectivity index (χ1) is 10.9. The van der Waals surface area contributed by atoms with Crippen LogP contribution in [0, 0.1) is 11.6 Å². The summed E-state index contributed by atoms with van der Waals surface area (Å²) in [5, 5.41) is 14.0. The Morgan fingerprint density at radius 2 is 1.83 bits per heavy atom. The molecule has 128 valence electrons. The smallest absolute Gasteiger partial charge is 0.222 e. The minimum atomic E-state index is -1.10. The van der Waals surface area contributed by atoms with Crippen LogP contribution >= 0.6 is 0 Å². The summed E-state index contributed by atoms with van der Waals surface area (Å²) in [7, 11) is 0. The highest BCUT2D eigenvalue weighted by Gasteiger charge is 2.24. The normalized spacial score (nSPS) is 13.3. The molecule has 0 aliphatic carbocycles. The highest BCUT2D eigenvalue weighted by molar-refractivity contribution is 5.79. The van der Waals surface area contributed by atoms with Gasteiger partial charge in [0.25, 0.3) is 0 Å². The molecular weight excluding hydrogens is 306 g/mol. The van der Waals surface area contributed by atoms with Gasteiger partial charge in [0.05, 0.1) is 12.5 Å². The van der Waals surface area contributed by atoms with Crippen molar-refractivity contribution in [2.75, 3.05) is 6.61 Å². The third-order valence-electron chi connectivity index (χ3n) is 3.45. The van der Waals surface area contributed by atoms with E-state index in [1.165, 1.54) is 13.0 Å². The molecule has 3 N–H and O–H groups in total. The molecule has 2 amide bonds. The third kappa shape index (κ3) is 5.94. The fourth-order valence-electron chi connectivity index (χ4n) is 2.32. The molecule has 0 aliphatic heterocycles. The van der Waals surface area contributed by atoms with Crippen molar-refractivity contribution in [3.63, 3.8) is 0 Å². The molecule has 23 heavy (non-hydrogen) atoms. The number of halogens is 2. The maximum Gasteiger partial charge on any atom is 0.222 e. The van der Waals surface area contributed by atoms with E-state index in [0.29, 0.717) is 12.8 Å². The maximum atomic E-state index is 13.9. The predicted octanol–water partition coefficient (Wildman–Crippen LogP) is 1.81. The molecule has 2 atom stereocenters. The lowest BCUT2D eigenvalue weighted by molar-refractivity contribution is -0.123. The predicted molar refractivity (Wildman–Crippen MR) is 81.5 cm³/mol. The van der Waals surface area contributed by atoms with Crippen LogP contribution in [0.25, 0.3) is 0 Å². The molecule has 0 aliphatic rings. The Hall–Kier alpha value is -2.02. The van der Waals surface area contributed by atoms with Gasteiger partial charge in [-0.25, -0.2) is 8.78 Å². The molecule has 7 heteroatoms. The maximum absolute atomic E-state index is 13.9. The summed E-state index contributed by atoms with van der Waals surface area (Å²) < 4.78 is 27.8. The molecule has 5 nitrogen and oxygen atoms in total. The number of carbonyl (C=O) groups excluding carboxylic acids is 2. The summed E-state index contributed by atoms with van der Waals surface area (Å²) in [6.45, 7) is 2.99. The van der Waals surface area contributed by atoms with Crippen LogP contribution in [-0.2, 0) is 9.59 Å². The third-order valence-corrected chi connectivity index (χ3v) is 3.45. The van der Waals surface area contributed by atoms with Gasteiger partial charge in [-0.15, -0.1) is 0 Å². The number of aliphatic hydroxyl groups excluding tert-OH is 1. The van der Waals surface area contributed by atoms with Gasteiger partial charge in [-0.2, -0.15) is 0 Å². The van der Waals surface area contributed by atoms with E-state index in [4.69, 9.17) is 5.11 Å². The zero-order valence-electron chi connectivity index (χ0n) is 13.2. The van der Waals surface area contributed by atoms with Crippen LogP contribution in [-0.4, -0.2) is 29.6 Å². The molecule has 1 rings (SSSR count). The van der Waals surface area contributed by atoms with Crippen LogP contribution in [0.2, 0.25) is 0 Å². The number of benzene rings is 1. The summed E-state index contributed by atoms with van der Waals surface area (Å²) in [6.07, 6.45) is 0.714. The van der Waals surface area contributed by atoms with Crippen molar-refractivity contribution < 1.29 is 23.5 Å². The molecule has 0 saturated carbocycles. The summed E-state index contributed by atoms with van der Waals surface area (Å²) in [6, 6.07) is 2.04. The number of nitrogens with one attached hydrogen (secondary N) is 2. The Bertz CT molecular complexity index is 532. The van der Waals surface area contributed by atoms with Crippen LogP contribution < -0.4 is 10.6 Å². The minimum absolute atomic E-state index is 0.0736. The molecule has 0 heterocycles. The first-order valence-corrected chi connectivity index (χ1v) is 7.50. The summed E-state index contributed by atoms with van der Waals surface area (Å²) in [5.74, 6) is -2.59. The molecule has 0 radical (unpaired) electrons. The van der Waals surface area contributed by atoms with Crippen LogP contribution in [0.1, 0.15) is 44.7 Å². The van der Waals surface area contributed by atoms with Crippen LogP contribution in [0.3, 0.4) is 0 Å². The number of carbonyl (C=O) groups is 2. The number of hydrogen-bond donors (Lipinski definition) is 3. The Kier molecular flexibility index (Phi) is 7.61. The Labute approximate surface area is 134 Å². The first kappa shape index (κ1) is 19.0. The van der Waals surface area contributed by atoms with E-state index in [9.17, 15) is 18.4 Å². The zero-order valence-corrected chi connectivity index (χ0v) is 13.2. The van der Waals surface area contributed by atoms with E-state index >= 15 is 0 Å². The highest BCUT2D eigenvalue weighted by Crippen LogP contribution is 2.23. The lowest BCUT2D eigenvalue weighted by Crippen LogP contribution is -2.38. The van der Waals surface area contributed by atoms with E-state index < -0.39 is 29.5 Å². The molecule has 0 fully saturated rings. The van der Waals surface area contributed by atoms with Gasteiger partial charge >= 0.3 is 0 Å². The van der Waals surface area contributed by atoms with Crippen molar-refractivity contribution in [3.05, 3.63) is 35.4 Å². The van der Waals surface area contributed by atoms with Crippen LogP contribution in [0.5, 0.6) is 0 Å². The van der Waals surface area contributed by atoms with E-state index in [-0.39, 0.29) is 24.6 Å². The van der Waals surface area contributed by atoms with Gasteiger partial charge < -0.3 is 15.7 Å². The Balaban J connectivity index is 2.91. The van der Waals surface area contributed by atoms with Gasteiger partial charge in [0, 0.05) is 25.1 Å². The first-order valence-electron chi connectivity index (χ1n) is 7.50. The summed E-state index contributed by atoms with van der Waals surface area (Å²) >= 11 is 0. The van der Waals surface area contributed by atoms with Gasteiger partial charge in [0.15, 0.2) is 0 Å². The SMILES string of the molecule is CCC(CCO)NC(=O)CC(NC(C)=O)c1c(F)cccc1F. The van der Waals surface area contributed by atoms with Crippen molar-refractivity contribution in [2.24, 2.45) is 0 Å². The van der Waals surface area contributed by atoms with Crippen molar-refractivity contribution in [1.29, 1.82) is 0 Å². The van der Waals surface area contributed by atoms with Gasteiger partial charge in [-0.1, -0.05) is 13.0 Å². The van der Waals surface area contributed by atoms with Crippen molar-refractivity contribution in [2.45, 2.75) is 45.2 Å². The Morgan fingerprint density at radius 3 is 2.30 bits per heavy atom. The minimum Gasteiger partial charge on any atom is -0.396 e. The molecule has 1 aromatic rings. The molecule has 0 spiro atoms. The molecular formula is C16H22F2N2O3. The standard InChI is InChI=1S/C16H22F2N2O3/c1-3-11(7-8-21)20-15(23)9-14(19-10(2)22)16-12(17)5-4-6-13(16)18/h4-6,11,14,21H,3,7-9H2,1-2H3,(H,19,22)(H,20,23). The zero-order chi connectivity index (χ0) is 17.4. The van der Waals surface area contributed by atoms with Gasteiger partial charge in [0.1, 0.15) is 11.6 Å². The number of hydrogen-bond acceptors (Lipinski definition) is 3. The number of aliphatic hydroxyl groups is 1.